The van der Waals surface area contributed by atoms with Gasteiger partial charge in [0.05, 0.1) is 16.4 Å². The molecule has 2 fully saturated rings. The summed E-state index contributed by atoms with van der Waals surface area (Å²) in [7, 11) is 0. The van der Waals surface area contributed by atoms with E-state index < -0.39 is 45.9 Å². The van der Waals surface area contributed by atoms with Crippen LogP contribution >= 0.6 is 12.2 Å². The molecule has 1 saturated carbocycles. The van der Waals surface area contributed by atoms with Gasteiger partial charge in [0.1, 0.15) is 24.8 Å². The molecular weight excluding hydrogens is 464 g/mol. The van der Waals surface area contributed by atoms with E-state index >= 15 is 0 Å². The highest BCUT2D eigenvalue weighted by atomic mass is 32.1. The molecule has 5 atom stereocenters. The molecule has 3 rings (SSSR count). The van der Waals surface area contributed by atoms with Crippen molar-refractivity contribution >= 4 is 35.0 Å². The molecule has 0 radical (unpaired) electrons. The van der Waals surface area contributed by atoms with Crippen molar-refractivity contribution in [3.8, 4) is 0 Å². The molecule has 1 aromatic carbocycles. The molecule has 182 valence electrons. The molecule has 34 heavy (non-hydrogen) atoms. The lowest BCUT2D eigenvalue weighted by atomic mass is 9.58. The average Bonchev–Trinajstić information content (AvgIpc) is 3.14. The Labute approximate surface area is 201 Å². The Morgan fingerprint density at radius 3 is 2.24 bits per heavy atom. The fraction of sp³-hybridized carbons (Fsp3) is 0.409. The van der Waals surface area contributed by atoms with Gasteiger partial charge in [0, 0.05) is 24.5 Å². The lowest BCUT2D eigenvalue weighted by Gasteiger charge is -2.52. The molecule has 0 amide bonds. The highest BCUT2D eigenvalue weighted by Crippen LogP contribution is 2.52. The minimum Gasteiger partial charge on any atom is -0.461 e. The normalized spacial score (nSPS) is 30.1. The smallest absolute Gasteiger partial charge is 0.313 e. The minimum absolute atomic E-state index is 0.0851. The number of aliphatic hydroxyl groups is 1. The number of carbonyl (C=O) groups excluding carboxylic acids is 2. The van der Waals surface area contributed by atoms with Gasteiger partial charge in [0.25, 0.3) is 5.69 Å². The van der Waals surface area contributed by atoms with Crippen LogP contribution in [0.4, 0.5) is 5.69 Å². The van der Waals surface area contributed by atoms with Gasteiger partial charge in [-0.3, -0.25) is 25.1 Å². The van der Waals surface area contributed by atoms with Crippen LogP contribution in [0.15, 0.2) is 49.6 Å². The summed E-state index contributed by atoms with van der Waals surface area (Å²) < 4.78 is 10.7. The number of benzene rings is 1. The van der Waals surface area contributed by atoms with Gasteiger partial charge in [-0.2, -0.15) is 0 Å². The van der Waals surface area contributed by atoms with E-state index in [1.807, 2.05) is 0 Å². The van der Waals surface area contributed by atoms with E-state index in [4.69, 9.17) is 21.7 Å². The summed E-state index contributed by atoms with van der Waals surface area (Å²) in [6, 6.07) is 5.42. The maximum absolute atomic E-state index is 13.4. The average molecular weight is 491 g/mol. The lowest BCUT2D eigenvalue weighted by Crippen LogP contribution is -2.70. The van der Waals surface area contributed by atoms with Gasteiger partial charge < -0.3 is 19.9 Å². The first-order valence-electron chi connectivity index (χ1n) is 10.4. The maximum Gasteiger partial charge on any atom is 0.313 e. The number of nitro benzene ring substituents is 1. The van der Waals surface area contributed by atoms with Gasteiger partial charge in [-0.1, -0.05) is 37.4 Å². The number of esters is 2. The molecular formula is C22H26N4O7S. The first-order valence-corrected chi connectivity index (χ1v) is 10.8. The molecule has 0 bridgehead atoms. The minimum atomic E-state index is -1.69. The zero-order valence-electron chi connectivity index (χ0n) is 18.5. The van der Waals surface area contributed by atoms with E-state index in [2.05, 4.69) is 29.3 Å². The number of nitrogens with zero attached hydrogens (tertiary/aromatic N) is 1. The Balaban J connectivity index is 2.20. The van der Waals surface area contributed by atoms with E-state index in [1.54, 1.807) is 0 Å². The van der Waals surface area contributed by atoms with Crippen molar-refractivity contribution in [2.75, 3.05) is 13.2 Å². The monoisotopic (exact) mass is 490 g/mol. The quantitative estimate of drug-likeness (QED) is 0.137. The molecule has 12 heteroatoms. The first kappa shape index (κ1) is 25.3. The zero-order valence-corrected chi connectivity index (χ0v) is 19.3. The summed E-state index contributed by atoms with van der Waals surface area (Å²) in [4.78, 5) is 37.2. The summed E-state index contributed by atoms with van der Waals surface area (Å²) in [5, 5.41) is 25.9. The number of hydrazine groups is 1. The number of hydrogen-bond donors (Lipinski definition) is 4. The fourth-order valence-electron chi connectivity index (χ4n) is 4.76. The van der Waals surface area contributed by atoms with Crippen molar-refractivity contribution in [2.24, 2.45) is 11.8 Å². The number of ether oxygens (including phenoxy) is 2. The van der Waals surface area contributed by atoms with Crippen LogP contribution in [0.3, 0.4) is 0 Å². The molecule has 1 spiro atoms. The number of non-ortho nitro benzene ring substituents is 1. The predicted octanol–water partition coefficient (Wildman–Crippen LogP) is 1.20. The van der Waals surface area contributed by atoms with Gasteiger partial charge in [-0.15, -0.1) is 0 Å². The number of rotatable bonds is 8. The summed E-state index contributed by atoms with van der Waals surface area (Å²) >= 11 is 5.20. The second-order valence-corrected chi connectivity index (χ2v) is 8.78. The number of thiocarbonyl (C=S) groups is 1. The van der Waals surface area contributed by atoms with Crippen LogP contribution in [0.1, 0.15) is 24.8 Å². The molecule has 4 N–H and O–H groups in total. The Bertz CT molecular complexity index is 1010. The van der Waals surface area contributed by atoms with Gasteiger partial charge >= 0.3 is 11.9 Å². The fourth-order valence-corrected chi connectivity index (χ4v) is 4.99. The first-order chi connectivity index (χ1) is 16.1. The third-order valence-corrected chi connectivity index (χ3v) is 6.18. The summed E-state index contributed by atoms with van der Waals surface area (Å²) in [5.41, 5.74) is 2.90. The molecule has 1 saturated heterocycles. The molecule has 1 aliphatic heterocycles. The molecule has 1 aliphatic carbocycles. The van der Waals surface area contributed by atoms with Crippen molar-refractivity contribution in [2.45, 2.75) is 30.5 Å². The molecule has 5 unspecified atom stereocenters. The van der Waals surface area contributed by atoms with E-state index in [0.29, 0.717) is 5.56 Å². The van der Waals surface area contributed by atoms with Crippen molar-refractivity contribution in [3.63, 3.8) is 0 Å². The van der Waals surface area contributed by atoms with Crippen LogP contribution in [-0.4, -0.2) is 51.6 Å². The SMILES string of the molecule is C=CCOC(=O)C1C(c2ccc([N+](=O)[O-])cc2)C(C(=O)OCC=C)C2(CC1(C)O)NNC(=S)N2. The second-order valence-electron chi connectivity index (χ2n) is 8.38. The molecule has 11 nitrogen and oxygen atoms in total. The molecule has 1 aromatic rings. The molecule has 2 aliphatic rings. The van der Waals surface area contributed by atoms with Crippen LogP contribution in [-0.2, 0) is 19.1 Å². The summed E-state index contributed by atoms with van der Waals surface area (Å²) in [5.74, 6) is -4.78. The number of carbonyl (C=O) groups is 2. The van der Waals surface area contributed by atoms with Crippen molar-refractivity contribution in [3.05, 3.63) is 65.3 Å². The van der Waals surface area contributed by atoms with Gasteiger partial charge in [-0.25, -0.2) is 5.43 Å². The van der Waals surface area contributed by atoms with E-state index in [0.717, 1.165) is 0 Å². The van der Waals surface area contributed by atoms with Crippen LogP contribution in [0, 0.1) is 22.0 Å². The van der Waals surface area contributed by atoms with Crippen LogP contribution in [0.5, 0.6) is 0 Å². The van der Waals surface area contributed by atoms with Crippen LogP contribution in [0.2, 0.25) is 0 Å². The van der Waals surface area contributed by atoms with E-state index in [9.17, 15) is 24.8 Å². The van der Waals surface area contributed by atoms with Gasteiger partial charge in [0.2, 0.25) is 0 Å². The standard InChI is InChI=1S/C22H26N4O7S/c1-4-10-32-18(27)16-15(13-6-8-14(9-7-13)26(30)31)17(19(28)33-11-5-2)22(12-21(16,3)29)23-20(34)24-25-22/h4-9,15-17,25,29H,1-2,10-12H2,3H3,(H2,23,24,34). The third-order valence-electron chi connectivity index (χ3n) is 5.98. The van der Waals surface area contributed by atoms with Crippen molar-refractivity contribution in [1.82, 2.24) is 16.2 Å². The van der Waals surface area contributed by atoms with Crippen LogP contribution in [0.25, 0.3) is 0 Å². The molecule has 1 heterocycles. The third kappa shape index (κ3) is 4.79. The highest BCUT2D eigenvalue weighted by molar-refractivity contribution is 7.80. The van der Waals surface area contributed by atoms with Crippen molar-refractivity contribution < 1.29 is 29.1 Å². The Morgan fingerprint density at radius 1 is 1.21 bits per heavy atom. The highest BCUT2D eigenvalue weighted by Gasteiger charge is 2.65. The van der Waals surface area contributed by atoms with E-state index in [-0.39, 0.29) is 30.4 Å². The summed E-state index contributed by atoms with van der Waals surface area (Å²) in [6.07, 6.45) is 2.66. The number of nitro groups is 1. The second kappa shape index (κ2) is 9.87. The van der Waals surface area contributed by atoms with Gasteiger partial charge in [-0.05, 0) is 24.7 Å². The topological polar surface area (TPSA) is 152 Å². The Morgan fingerprint density at radius 2 is 1.76 bits per heavy atom. The number of nitrogens with one attached hydrogen (secondary N) is 3. The Hall–Kier alpha value is -3.35. The lowest BCUT2D eigenvalue weighted by molar-refractivity contribution is -0.384. The predicted molar refractivity (Wildman–Crippen MR) is 125 cm³/mol. The summed E-state index contributed by atoms with van der Waals surface area (Å²) in [6.45, 7) is 8.36. The van der Waals surface area contributed by atoms with Gasteiger partial charge in [0.15, 0.2) is 5.11 Å². The van der Waals surface area contributed by atoms with Crippen molar-refractivity contribution in [1.29, 1.82) is 0 Å². The van der Waals surface area contributed by atoms with E-state index in [1.165, 1.54) is 43.3 Å². The largest absolute Gasteiger partial charge is 0.461 e. The zero-order chi connectivity index (χ0) is 25.1. The number of hydrogen-bond acceptors (Lipinski definition) is 9. The van der Waals surface area contributed by atoms with Crippen LogP contribution < -0.4 is 16.2 Å². The molecule has 0 aromatic heterocycles. The maximum atomic E-state index is 13.4. The Kier molecular flexibility index (Phi) is 7.34.